The zero-order valence-corrected chi connectivity index (χ0v) is 16.1. The first-order chi connectivity index (χ1) is 13.6. The Balaban J connectivity index is 1.44. The summed E-state index contributed by atoms with van der Waals surface area (Å²) in [6, 6.07) is 11.4. The second-order valence-corrected chi connectivity index (χ2v) is 7.23. The van der Waals surface area contributed by atoms with Gasteiger partial charge in [-0.05, 0) is 54.1 Å². The van der Waals surface area contributed by atoms with Gasteiger partial charge in [-0.1, -0.05) is 23.2 Å². The van der Waals surface area contributed by atoms with Crippen LogP contribution in [0.1, 0.15) is 11.3 Å². The fraction of sp³-hybridized carbons (Fsp3) is 0.105. The Morgan fingerprint density at radius 3 is 2.71 bits per heavy atom. The lowest BCUT2D eigenvalue weighted by Crippen LogP contribution is -2.00. The van der Waals surface area contributed by atoms with Crippen LogP contribution in [-0.2, 0) is 6.54 Å². The van der Waals surface area contributed by atoms with Crippen molar-refractivity contribution in [1.82, 2.24) is 20.6 Å². The van der Waals surface area contributed by atoms with Crippen molar-refractivity contribution in [2.75, 3.05) is 5.32 Å². The fourth-order valence-corrected chi connectivity index (χ4v) is 3.66. The van der Waals surface area contributed by atoms with Crippen LogP contribution in [0.5, 0.6) is 0 Å². The molecule has 0 spiro atoms. The fourth-order valence-electron chi connectivity index (χ4n) is 3.15. The van der Waals surface area contributed by atoms with E-state index in [9.17, 15) is 0 Å². The molecule has 28 heavy (non-hydrogen) atoms. The first-order valence-electron chi connectivity index (χ1n) is 8.46. The molecule has 3 heterocycles. The Morgan fingerprint density at radius 2 is 1.89 bits per heavy atom. The van der Waals surface area contributed by atoms with Gasteiger partial charge in [-0.2, -0.15) is 5.21 Å². The quantitative estimate of drug-likeness (QED) is 0.399. The van der Waals surface area contributed by atoms with E-state index in [1.807, 2.05) is 43.3 Å². The number of aromatic amines is 1. The minimum Gasteiger partial charge on any atom is -0.460 e. The molecule has 0 aliphatic rings. The minimum absolute atomic E-state index is 0.394. The van der Waals surface area contributed by atoms with Gasteiger partial charge < -0.3 is 14.2 Å². The molecule has 2 aromatic carbocycles. The lowest BCUT2D eigenvalue weighted by molar-refractivity contribution is 0.578. The molecule has 0 radical (unpaired) electrons. The highest BCUT2D eigenvalue weighted by Gasteiger charge is 2.13. The molecule has 9 heteroatoms. The Labute approximate surface area is 168 Å². The SMILES string of the molecule is Cc1cc2cc(NCc3cc4oc(-c5nn[nH]n5)cc4cc3Cl)cc(Cl)c2o1. The predicted octanol–water partition coefficient (Wildman–Crippen LogP) is 5.59. The summed E-state index contributed by atoms with van der Waals surface area (Å²) in [4.78, 5) is 0. The van der Waals surface area contributed by atoms with Crippen LogP contribution in [0.25, 0.3) is 33.5 Å². The van der Waals surface area contributed by atoms with Crippen LogP contribution < -0.4 is 5.32 Å². The molecule has 140 valence electrons. The third-order valence-corrected chi connectivity index (χ3v) is 5.06. The molecule has 0 saturated heterocycles. The van der Waals surface area contributed by atoms with Crippen LogP contribution in [0.4, 0.5) is 5.69 Å². The summed E-state index contributed by atoms with van der Waals surface area (Å²) in [6.45, 7) is 2.40. The number of halogens is 2. The van der Waals surface area contributed by atoms with E-state index in [0.717, 1.165) is 27.8 Å². The Bertz CT molecular complexity index is 1310. The molecule has 7 nitrogen and oxygen atoms in total. The molecule has 2 N–H and O–H groups in total. The highest BCUT2D eigenvalue weighted by molar-refractivity contribution is 6.35. The summed E-state index contributed by atoms with van der Waals surface area (Å²) in [7, 11) is 0. The number of H-pyrrole nitrogens is 1. The van der Waals surface area contributed by atoms with E-state index in [4.69, 9.17) is 32.0 Å². The molecular weight excluding hydrogens is 401 g/mol. The number of nitrogens with one attached hydrogen (secondary N) is 2. The van der Waals surface area contributed by atoms with E-state index in [-0.39, 0.29) is 0 Å². The third kappa shape index (κ3) is 2.98. The van der Waals surface area contributed by atoms with Gasteiger partial charge in [0.05, 0.1) is 5.02 Å². The number of aromatic nitrogens is 4. The second kappa shape index (κ2) is 6.54. The maximum absolute atomic E-state index is 6.46. The van der Waals surface area contributed by atoms with Crippen molar-refractivity contribution in [3.63, 3.8) is 0 Å². The van der Waals surface area contributed by atoms with Gasteiger partial charge in [0.1, 0.15) is 11.3 Å². The number of benzene rings is 2. The molecule has 3 aromatic heterocycles. The summed E-state index contributed by atoms with van der Waals surface area (Å²) in [5, 5.41) is 20.2. The van der Waals surface area contributed by atoms with E-state index >= 15 is 0 Å². The van der Waals surface area contributed by atoms with Gasteiger partial charge in [-0.25, -0.2) is 0 Å². The van der Waals surface area contributed by atoms with Crippen LogP contribution in [0.15, 0.2) is 45.2 Å². The minimum atomic E-state index is 0.394. The largest absolute Gasteiger partial charge is 0.460 e. The zero-order valence-electron chi connectivity index (χ0n) is 14.6. The van der Waals surface area contributed by atoms with Crippen molar-refractivity contribution in [2.24, 2.45) is 0 Å². The van der Waals surface area contributed by atoms with E-state index in [0.29, 0.717) is 39.3 Å². The number of rotatable bonds is 4. The second-order valence-electron chi connectivity index (χ2n) is 6.41. The smallest absolute Gasteiger partial charge is 0.239 e. The molecule has 0 saturated carbocycles. The molecule has 0 aliphatic carbocycles. The Kier molecular flexibility index (Phi) is 3.99. The lowest BCUT2D eigenvalue weighted by atomic mass is 10.1. The summed E-state index contributed by atoms with van der Waals surface area (Å²) in [5.41, 5.74) is 3.15. The molecule has 5 rings (SSSR count). The number of fused-ring (bicyclic) bond motifs is 2. The lowest BCUT2D eigenvalue weighted by Gasteiger charge is -2.09. The van der Waals surface area contributed by atoms with Gasteiger partial charge in [0.15, 0.2) is 11.3 Å². The van der Waals surface area contributed by atoms with Crippen molar-refractivity contribution < 1.29 is 8.83 Å². The molecule has 0 fully saturated rings. The summed E-state index contributed by atoms with van der Waals surface area (Å²) in [6.07, 6.45) is 0. The molecule has 0 bridgehead atoms. The van der Waals surface area contributed by atoms with E-state index in [1.165, 1.54) is 0 Å². The summed E-state index contributed by atoms with van der Waals surface area (Å²) < 4.78 is 11.4. The average Bonchev–Trinajstić information content (AvgIpc) is 3.38. The summed E-state index contributed by atoms with van der Waals surface area (Å²) >= 11 is 12.8. The summed E-state index contributed by atoms with van der Waals surface area (Å²) in [5.74, 6) is 1.74. The molecule has 0 atom stereocenters. The maximum Gasteiger partial charge on any atom is 0.239 e. The number of tetrazole rings is 1. The van der Waals surface area contributed by atoms with Crippen LogP contribution >= 0.6 is 23.2 Å². The number of hydrogen-bond donors (Lipinski definition) is 2. The van der Waals surface area contributed by atoms with Gasteiger partial charge in [0, 0.05) is 28.0 Å². The zero-order chi connectivity index (χ0) is 19.3. The standard InChI is InChI=1S/C19H13Cl2N5O2/c1-9-2-11-3-13(7-15(21)18(11)27-9)22-8-12-6-16-10(4-14(12)20)5-17(28-16)19-23-25-26-24-19/h2-7,22H,8H2,1H3,(H,23,24,25,26). The predicted molar refractivity (Wildman–Crippen MR) is 108 cm³/mol. The molecule has 5 aromatic rings. The first kappa shape index (κ1) is 17.1. The monoisotopic (exact) mass is 413 g/mol. The molecule has 0 unspecified atom stereocenters. The van der Waals surface area contributed by atoms with Crippen molar-refractivity contribution >= 4 is 50.8 Å². The van der Waals surface area contributed by atoms with Gasteiger partial charge in [0.25, 0.3) is 0 Å². The molecule has 0 amide bonds. The van der Waals surface area contributed by atoms with Crippen LogP contribution in [0.2, 0.25) is 10.0 Å². The van der Waals surface area contributed by atoms with Gasteiger partial charge in [-0.15, -0.1) is 10.2 Å². The van der Waals surface area contributed by atoms with E-state index in [2.05, 4.69) is 25.9 Å². The molecular formula is C19H13Cl2N5O2. The van der Waals surface area contributed by atoms with Crippen LogP contribution in [0, 0.1) is 6.92 Å². The topological polar surface area (TPSA) is 92.8 Å². The van der Waals surface area contributed by atoms with Crippen molar-refractivity contribution in [3.8, 4) is 11.6 Å². The third-order valence-electron chi connectivity index (χ3n) is 4.43. The van der Waals surface area contributed by atoms with E-state index < -0.39 is 0 Å². The highest BCUT2D eigenvalue weighted by atomic mass is 35.5. The van der Waals surface area contributed by atoms with Crippen LogP contribution in [-0.4, -0.2) is 20.6 Å². The first-order valence-corrected chi connectivity index (χ1v) is 9.22. The number of anilines is 1. The maximum atomic E-state index is 6.46. The Morgan fingerprint density at radius 1 is 1.00 bits per heavy atom. The number of hydrogen-bond acceptors (Lipinski definition) is 6. The van der Waals surface area contributed by atoms with Gasteiger partial charge in [0.2, 0.25) is 5.82 Å². The number of aryl methyl sites for hydroxylation is 1. The van der Waals surface area contributed by atoms with Gasteiger partial charge >= 0.3 is 0 Å². The normalized spacial score (nSPS) is 11.5. The highest BCUT2D eigenvalue weighted by Crippen LogP contribution is 2.32. The van der Waals surface area contributed by atoms with Crippen molar-refractivity contribution in [2.45, 2.75) is 13.5 Å². The van der Waals surface area contributed by atoms with E-state index in [1.54, 1.807) is 0 Å². The molecule has 0 aliphatic heterocycles. The van der Waals surface area contributed by atoms with Crippen molar-refractivity contribution in [3.05, 3.63) is 57.8 Å². The average molecular weight is 414 g/mol. The number of furan rings is 2. The van der Waals surface area contributed by atoms with Crippen molar-refractivity contribution in [1.29, 1.82) is 0 Å². The van der Waals surface area contributed by atoms with Gasteiger partial charge in [-0.3, -0.25) is 0 Å². The van der Waals surface area contributed by atoms with Crippen LogP contribution in [0.3, 0.4) is 0 Å². The Hall–Kier alpha value is -3.03. The number of nitrogens with zero attached hydrogens (tertiary/aromatic N) is 3.